The van der Waals surface area contributed by atoms with Gasteiger partial charge in [-0.3, -0.25) is 39.9 Å². The topological polar surface area (TPSA) is 125 Å². The van der Waals surface area contributed by atoms with Crippen LogP contribution in [0.2, 0.25) is 0 Å². The highest BCUT2D eigenvalue weighted by Gasteiger charge is 2.22. The van der Waals surface area contributed by atoms with Gasteiger partial charge < -0.3 is 39.2 Å². The van der Waals surface area contributed by atoms with E-state index in [4.69, 9.17) is 4.99 Å². The van der Waals surface area contributed by atoms with Crippen molar-refractivity contribution in [1.29, 1.82) is 0 Å². The molecule has 0 aliphatic rings. The molecule has 0 fully saturated rings. The van der Waals surface area contributed by atoms with Gasteiger partial charge in [-0.05, 0) is 324 Å². The van der Waals surface area contributed by atoms with Crippen LogP contribution in [-0.2, 0) is 0 Å². The molecule has 16 nitrogen and oxygen atoms in total. The summed E-state index contributed by atoms with van der Waals surface area (Å²) in [4.78, 5) is 54.7. The molecule has 0 unspecified atom stereocenters. The van der Waals surface area contributed by atoms with Crippen LogP contribution < -0.4 is 0 Å². The molecule has 0 atom stereocenters. The van der Waals surface area contributed by atoms with Gasteiger partial charge in [0.05, 0.1) is 11.1 Å². The fourth-order valence-corrected chi connectivity index (χ4v) is 20.9. The first-order valence-electron chi connectivity index (χ1n) is 45.1. The summed E-state index contributed by atoms with van der Waals surface area (Å²) in [6.07, 6.45) is 31.4. The average Bonchev–Trinajstić information content (AvgIpc) is 0.853. The Morgan fingerprint density at radius 1 is 0.310 bits per heavy atom. The van der Waals surface area contributed by atoms with Gasteiger partial charge in [-0.15, -0.1) is 0 Å². The van der Waals surface area contributed by atoms with E-state index < -0.39 is 0 Å². The minimum Gasteiger partial charge on any atom is -0.382 e. The number of nitrogens with zero attached hydrogens (tertiary/aromatic N) is 16. The van der Waals surface area contributed by atoms with Crippen LogP contribution in [0.4, 0.5) is 0 Å². The van der Waals surface area contributed by atoms with Gasteiger partial charge in [0.15, 0.2) is 0 Å². The average molecular weight is 1760 g/mol. The molecule has 116 heavy (non-hydrogen) atoms. The van der Waals surface area contributed by atoms with Crippen LogP contribution in [0, 0.1) is 0 Å². The van der Waals surface area contributed by atoms with Crippen molar-refractivity contribution in [1.82, 2.24) is 39.2 Å². The van der Waals surface area contributed by atoms with Gasteiger partial charge in [0.2, 0.25) is 0 Å². The summed E-state index contributed by atoms with van der Waals surface area (Å²) >= 11 is 0. The van der Waals surface area contributed by atoms with Crippen molar-refractivity contribution in [2.45, 2.75) is 349 Å². The van der Waals surface area contributed by atoms with Crippen LogP contribution in [0.25, 0.3) is 0 Å². The molecule has 0 aliphatic carbocycles. The summed E-state index contributed by atoms with van der Waals surface area (Å²) in [6.45, 7) is 90.5. The predicted octanol–water partition coefficient (Wildman–Crippen LogP) is 12.8. The second-order valence-electron chi connectivity index (χ2n) is 34.6. The van der Waals surface area contributed by atoms with E-state index in [1.165, 1.54) is 171 Å². The van der Waals surface area contributed by atoms with Crippen LogP contribution in [0.3, 0.4) is 0 Å². The van der Waals surface area contributed by atoms with Crippen molar-refractivity contribution in [2.24, 2.45) is 39.9 Å². The van der Waals surface area contributed by atoms with Gasteiger partial charge in [0, 0.05) is 312 Å². The first-order valence-corrected chi connectivity index (χ1v) is 56.4. The first kappa shape index (κ1) is 127. The highest BCUT2D eigenvalue weighted by molar-refractivity contribution is 6.11. The Bertz CT molecular complexity index is 3090. The molecule has 0 rings (SSSR count). The summed E-state index contributed by atoms with van der Waals surface area (Å²) < 4.78 is 0. The third kappa shape index (κ3) is 70.1. The fraction of sp³-hybridized carbons (Fsp3) is 0.739. The largest absolute Gasteiger partial charge is 0.382 e. The highest BCUT2D eigenvalue weighted by Crippen LogP contribution is 2.23. The molecule has 0 spiro atoms. The van der Waals surface area contributed by atoms with Crippen LogP contribution in [0.5, 0.6) is 0 Å². The van der Waals surface area contributed by atoms with Crippen molar-refractivity contribution in [3.63, 3.8) is 0 Å². The van der Waals surface area contributed by atoms with Crippen molar-refractivity contribution in [3.8, 4) is 0 Å². The maximum Gasteiger partial charge on any atom is 0.0527 e. The standard InChI is InChI=1S/C15H32N2Si.C14H30N2Si.C13H28N2Si.C12H26N2Si.C11H24N2Si.C10H22N2Si.C9H20N2Si.C8H18N2Si/c1-9-13(17(11-18)15(6,7)8)10-12(2)16-14(3,4)5;1-11(15-13(3,4)5)9-12(2)16(10-17)14(6,7)8;1-7-13(15(9-16)11(4)5)8-12(6)14-10(2)3;1-9(2)13-11(5)7-12(6)14(8-15)10(3)4;1-5-11(13(7-3)9-14)8-10(4)12-6-2;1-5-11-9(3)7-10(4)12(6-2)8-13;1-5-9(11(4)7-12)6-8(2)10-3;1-7(9-3)5-8(2)10(4)6-11/h10H,9,11H2,1-8,18H3;9H,10H2,1-8,17H3;8,10-11H,7,9H2,1-6,16H3;7,9-10H,8H2,1-6,15H3;8H,5-7,9H2,1-4,14H3;7H,5-6,8H2,1-4,13H3;6H,5,7H2,1-4,12H3;5H,6H2,1-4,11H3/b13-10-,16-12?;12-9-,15-11?;13-8-,14-12?;12-7-,13-11?;11-8-,12-10?;10-7-,11-9?;9-6-,10-8?;8-5-,9-7?. The van der Waals surface area contributed by atoms with E-state index in [0.717, 1.165) is 104 Å². The summed E-state index contributed by atoms with van der Waals surface area (Å²) in [5, 5.41) is 0. The van der Waals surface area contributed by atoms with Gasteiger partial charge in [-0.2, -0.15) is 0 Å². The molecule has 0 amide bonds. The zero-order chi connectivity index (χ0) is 92.8. The van der Waals surface area contributed by atoms with Crippen LogP contribution in [0.1, 0.15) is 303 Å². The molecule has 0 bridgehead atoms. The summed E-state index contributed by atoms with van der Waals surface area (Å²) in [6, 6.07) is 1.96. The second-order valence-corrected chi connectivity index (χ2v) is 39.7. The molecular formula is C92H200N16Si8. The molecule has 0 aromatic rings. The van der Waals surface area contributed by atoms with E-state index >= 15 is 0 Å². The predicted molar refractivity (Wildman–Crippen MR) is 572 cm³/mol. The number of allylic oxidation sites excluding steroid dienone is 16. The van der Waals surface area contributed by atoms with Crippen molar-refractivity contribution < 1.29 is 0 Å². The number of hydrogen-bond donors (Lipinski definition) is 0. The van der Waals surface area contributed by atoms with E-state index in [1.807, 2.05) is 27.9 Å². The lowest BCUT2D eigenvalue weighted by atomic mass is 10.0. The lowest BCUT2D eigenvalue weighted by Crippen LogP contribution is -2.41. The van der Waals surface area contributed by atoms with Gasteiger partial charge in [0.25, 0.3) is 0 Å². The Balaban J connectivity index is -0.000000192. The molecule has 0 saturated carbocycles. The number of rotatable bonds is 36. The molecule has 0 saturated heterocycles. The minimum absolute atomic E-state index is 0.00691. The number of hydrogen-bond acceptors (Lipinski definition) is 16. The molecule has 0 aliphatic heterocycles. The Kier molecular flexibility index (Phi) is 78.9. The van der Waals surface area contributed by atoms with Gasteiger partial charge in [0.1, 0.15) is 0 Å². The Hall–Kier alpha value is -4.58. The molecule has 0 aromatic carbocycles. The third-order valence-electron chi connectivity index (χ3n) is 18.3. The van der Waals surface area contributed by atoms with E-state index in [-0.39, 0.29) is 22.2 Å². The van der Waals surface area contributed by atoms with E-state index in [9.17, 15) is 0 Å². The van der Waals surface area contributed by atoms with E-state index in [1.54, 1.807) is 0 Å². The Morgan fingerprint density at radius 3 is 0.931 bits per heavy atom. The maximum absolute atomic E-state index is 4.72. The second kappa shape index (κ2) is 72.1. The fourth-order valence-electron chi connectivity index (χ4n) is 13.0. The van der Waals surface area contributed by atoms with Gasteiger partial charge >= 0.3 is 0 Å². The van der Waals surface area contributed by atoms with Gasteiger partial charge in [-0.25, -0.2) is 0 Å². The SMILES string of the molecule is CC(/C=C(/C)N(C[SiH3])C(C)(C)C)=NC(C)(C)C.CC(/C=C(/C)N(C[SiH3])C(C)C)=NC(C)C.CC/C(=C/C(C)=NC(C)(C)C)N(C[SiH3])C(C)(C)C.CC/C(=C/C(C)=NC(C)C)N(C[SiH3])C(C)C.CC/C(=C/C(C)=NC)N(C)C[SiH3].CCN=C(C)/C=C(/C)N(CC)C[SiH3].CCN=C(C)/C=C(/CC)N(CC)C[SiH3].CN=C(C)/C=C(/C)N(C)C[SiH3]. The minimum atomic E-state index is 0.00691. The molecule has 0 radical (unpaired) electrons. The lowest BCUT2D eigenvalue weighted by molar-refractivity contribution is 0.210. The van der Waals surface area contributed by atoms with E-state index in [2.05, 4.69) is 400 Å². The van der Waals surface area contributed by atoms with Crippen LogP contribution in [0.15, 0.2) is 134 Å². The molecule has 0 N–H and O–H groups in total. The summed E-state index contributed by atoms with van der Waals surface area (Å²) in [7, 11) is 17.6. The zero-order valence-corrected chi connectivity index (χ0v) is 103. The molecule has 0 heterocycles. The zero-order valence-electron chi connectivity index (χ0n) is 87.4. The van der Waals surface area contributed by atoms with Crippen LogP contribution in [-0.4, -0.2) is 317 Å². The highest BCUT2D eigenvalue weighted by atomic mass is 28.2. The molecule has 680 valence electrons. The lowest BCUT2D eigenvalue weighted by Gasteiger charge is -2.38. The monoisotopic (exact) mass is 1750 g/mol. The maximum atomic E-state index is 4.72. The van der Waals surface area contributed by atoms with Crippen molar-refractivity contribution in [2.75, 3.05) is 104 Å². The Morgan fingerprint density at radius 2 is 0.629 bits per heavy atom. The van der Waals surface area contributed by atoms with Crippen molar-refractivity contribution >= 4 is 128 Å². The molecule has 24 heteroatoms. The first-order chi connectivity index (χ1) is 53.4. The Labute approximate surface area is 748 Å². The van der Waals surface area contributed by atoms with Crippen LogP contribution >= 0.6 is 0 Å². The normalized spacial score (nSPS) is 14.2. The van der Waals surface area contributed by atoms with E-state index in [0.29, 0.717) is 24.2 Å². The summed E-state index contributed by atoms with van der Waals surface area (Å²) in [5.41, 5.74) is 20.3. The number of aliphatic imine (C=N–C) groups is 8. The summed E-state index contributed by atoms with van der Waals surface area (Å²) in [5.74, 6) is 0. The van der Waals surface area contributed by atoms with Gasteiger partial charge in [-0.1, -0.05) is 27.7 Å². The quantitative estimate of drug-likeness (QED) is 0.0449. The van der Waals surface area contributed by atoms with Crippen molar-refractivity contribution in [3.05, 3.63) is 94.2 Å². The molecular weight excluding hydrogens is 1550 g/mol. The smallest absolute Gasteiger partial charge is 0.0527 e. The third-order valence-corrected chi connectivity index (χ3v) is 24.4. The molecule has 0 aromatic heterocycles.